The summed E-state index contributed by atoms with van der Waals surface area (Å²) in [7, 11) is -0.722. The molecular formula is C38H46P2. The molecular weight excluding hydrogens is 518 g/mol. The van der Waals surface area contributed by atoms with Crippen LogP contribution in [0.4, 0.5) is 0 Å². The van der Waals surface area contributed by atoms with Gasteiger partial charge >= 0.3 is 0 Å². The second kappa shape index (κ2) is 13.3. The van der Waals surface area contributed by atoms with Gasteiger partial charge in [-0.2, -0.15) is 0 Å². The fraction of sp³-hybridized carbons (Fsp3) is 0.421. The van der Waals surface area contributed by atoms with E-state index in [0.717, 1.165) is 11.6 Å². The Morgan fingerprint density at radius 3 is 1.95 bits per heavy atom. The second-order valence-corrected chi connectivity index (χ2v) is 18.7. The van der Waals surface area contributed by atoms with Crippen LogP contribution in [0.3, 0.4) is 0 Å². The molecule has 2 heteroatoms. The summed E-state index contributed by atoms with van der Waals surface area (Å²) < 4.78 is 0. The summed E-state index contributed by atoms with van der Waals surface area (Å²) in [6, 6.07) is 31.1. The van der Waals surface area contributed by atoms with E-state index in [1.807, 2.05) is 0 Å². The van der Waals surface area contributed by atoms with E-state index < -0.39 is 7.61 Å². The normalized spacial score (nSPS) is 22.3. The molecule has 6 rings (SSSR count). The van der Waals surface area contributed by atoms with Crippen LogP contribution in [0, 0.1) is 6.92 Å². The zero-order valence-corrected chi connectivity index (χ0v) is 26.4. The van der Waals surface area contributed by atoms with Gasteiger partial charge in [0.15, 0.2) is 0 Å². The fourth-order valence-electron chi connectivity index (χ4n) is 7.56. The van der Waals surface area contributed by atoms with Crippen LogP contribution >= 0.6 is 15.2 Å². The predicted octanol–water partition coefficient (Wildman–Crippen LogP) is 11.0. The lowest BCUT2D eigenvalue weighted by atomic mass is 9.84. The number of aryl methyl sites for hydroxylation is 1. The molecule has 0 amide bonds. The quantitative estimate of drug-likeness (QED) is 0.250. The van der Waals surface area contributed by atoms with Crippen LogP contribution in [0.2, 0.25) is 0 Å². The van der Waals surface area contributed by atoms with E-state index in [4.69, 9.17) is 0 Å². The summed E-state index contributed by atoms with van der Waals surface area (Å²) in [6.45, 7) is 4.69. The average Bonchev–Trinajstić information content (AvgIpc) is 3.02. The lowest BCUT2D eigenvalue weighted by Gasteiger charge is -2.44. The van der Waals surface area contributed by atoms with Crippen molar-refractivity contribution >= 4 is 31.4 Å². The molecule has 0 nitrogen and oxygen atoms in total. The maximum Gasteiger partial charge on any atom is 0.0132 e. The molecule has 0 bridgehead atoms. The molecule has 0 heterocycles. The molecule has 0 N–H and O–H groups in total. The largest absolute Gasteiger partial charge is 0.0833 e. The Morgan fingerprint density at radius 1 is 0.625 bits per heavy atom. The summed E-state index contributed by atoms with van der Waals surface area (Å²) >= 11 is 0. The topological polar surface area (TPSA) is 0 Å². The van der Waals surface area contributed by atoms with Gasteiger partial charge in [-0.1, -0.05) is 137 Å². The zero-order chi connectivity index (χ0) is 27.3. The van der Waals surface area contributed by atoms with Crippen molar-refractivity contribution in [1.29, 1.82) is 0 Å². The van der Waals surface area contributed by atoms with E-state index in [0.29, 0.717) is 5.66 Å². The van der Waals surface area contributed by atoms with Crippen LogP contribution in [0.25, 0.3) is 5.57 Å². The van der Waals surface area contributed by atoms with Crippen molar-refractivity contribution in [3.63, 3.8) is 0 Å². The Balaban J connectivity index is 1.47. The van der Waals surface area contributed by atoms with E-state index in [2.05, 4.69) is 105 Å². The first kappa shape index (κ1) is 28.1. The molecule has 208 valence electrons. The van der Waals surface area contributed by atoms with Crippen LogP contribution in [0.5, 0.6) is 0 Å². The molecule has 3 atom stereocenters. The summed E-state index contributed by atoms with van der Waals surface area (Å²) in [6.07, 6.45) is 20.2. The smallest absolute Gasteiger partial charge is 0.0132 e. The number of hydrogen-bond donors (Lipinski definition) is 0. The van der Waals surface area contributed by atoms with E-state index >= 15 is 0 Å². The third kappa shape index (κ3) is 6.10. The lowest BCUT2D eigenvalue weighted by molar-refractivity contribution is 0.443. The Morgan fingerprint density at radius 2 is 1.25 bits per heavy atom. The third-order valence-corrected chi connectivity index (χ3v) is 18.6. The van der Waals surface area contributed by atoms with Gasteiger partial charge in [-0.15, -0.1) is 0 Å². The number of hydrogen-bond acceptors (Lipinski definition) is 0. The summed E-state index contributed by atoms with van der Waals surface area (Å²) in [5.41, 5.74) is 9.12. The third-order valence-electron chi connectivity index (χ3n) is 9.63. The minimum atomic E-state index is -0.439. The van der Waals surface area contributed by atoms with Gasteiger partial charge in [0.1, 0.15) is 0 Å². The van der Waals surface area contributed by atoms with Crippen molar-refractivity contribution in [3.8, 4) is 0 Å². The van der Waals surface area contributed by atoms with Crippen molar-refractivity contribution in [2.24, 2.45) is 0 Å². The predicted molar refractivity (Wildman–Crippen MR) is 180 cm³/mol. The molecule has 3 aromatic rings. The number of benzene rings is 3. The molecule has 3 aliphatic rings. The first-order valence-corrected chi connectivity index (χ1v) is 19.4. The highest BCUT2D eigenvalue weighted by Crippen LogP contribution is 2.77. The Hall–Kier alpha value is -2.00. The molecule has 3 aromatic carbocycles. The van der Waals surface area contributed by atoms with Gasteiger partial charge < -0.3 is 0 Å². The molecule has 0 aliphatic heterocycles. The lowest BCUT2D eigenvalue weighted by Crippen LogP contribution is -2.25. The number of allylic oxidation sites excluding steroid dienone is 4. The zero-order valence-electron chi connectivity index (χ0n) is 24.6. The molecule has 0 aromatic heterocycles. The van der Waals surface area contributed by atoms with Gasteiger partial charge in [-0.05, 0) is 104 Å². The molecule has 0 radical (unpaired) electrons. The van der Waals surface area contributed by atoms with Gasteiger partial charge in [0.2, 0.25) is 0 Å². The van der Waals surface area contributed by atoms with Crippen LogP contribution in [0.1, 0.15) is 100 Å². The van der Waals surface area contributed by atoms with Crippen molar-refractivity contribution in [2.45, 2.75) is 102 Å². The standard InChI is InChI=1S/C38H46P2/c1-29-15-12-13-23-36(29)38-30(2)16-14-24-37(38)40(34-21-10-5-11-22-34)39(33-19-8-4-9-20-33)35-27-25-32(26-28-35)31-17-6-3-7-18-31/h4,8-9,12-16,19-20,23,25-28,31,34,37H,3,5-7,10-11,17-18,21-22,24H2,1-2H3/t37?,39-,40?/m1/s1. The molecule has 40 heavy (non-hydrogen) atoms. The van der Waals surface area contributed by atoms with Crippen molar-refractivity contribution in [2.75, 3.05) is 0 Å². The van der Waals surface area contributed by atoms with Crippen molar-refractivity contribution < 1.29 is 0 Å². The maximum absolute atomic E-state index is 2.57. The average molecular weight is 565 g/mol. The van der Waals surface area contributed by atoms with E-state index in [9.17, 15) is 0 Å². The molecule has 0 spiro atoms. The Bertz CT molecular complexity index is 1310. The van der Waals surface area contributed by atoms with Crippen molar-refractivity contribution in [1.82, 2.24) is 0 Å². The summed E-state index contributed by atoms with van der Waals surface area (Å²) in [4.78, 5) is 0. The first-order valence-electron chi connectivity index (χ1n) is 15.9. The summed E-state index contributed by atoms with van der Waals surface area (Å²) in [5.74, 6) is 0.771. The van der Waals surface area contributed by atoms with Crippen LogP contribution in [-0.2, 0) is 0 Å². The number of rotatable bonds is 7. The van der Waals surface area contributed by atoms with E-state index in [1.165, 1.54) is 87.3 Å². The van der Waals surface area contributed by atoms with E-state index in [-0.39, 0.29) is 7.61 Å². The fourth-order valence-corrected chi connectivity index (χ4v) is 17.8. The Kier molecular flexibility index (Phi) is 9.37. The van der Waals surface area contributed by atoms with Gasteiger partial charge in [0.05, 0.1) is 0 Å². The molecule has 3 aliphatic carbocycles. The minimum Gasteiger partial charge on any atom is -0.0833 e. The highest BCUT2D eigenvalue weighted by Gasteiger charge is 2.40. The molecule has 2 unspecified atom stereocenters. The SMILES string of the molecule is CC1=C(c2ccccc2C)C(P(C2CCCCC2)[P@](c2ccccc2)c2ccc(C3CCCCC3)cc2)CC=C1. The van der Waals surface area contributed by atoms with Gasteiger partial charge in [-0.25, -0.2) is 0 Å². The van der Waals surface area contributed by atoms with Crippen LogP contribution in [0.15, 0.2) is 96.6 Å². The van der Waals surface area contributed by atoms with E-state index in [1.54, 1.807) is 21.7 Å². The monoisotopic (exact) mass is 564 g/mol. The summed E-state index contributed by atoms with van der Waals surface area (Å²) in [5, 5.41) is 3.21. The minimum absolute atomic E-state index is 0.283. The van der Waals surface area contributed by atoms with Crippen molar-refractivity contribution in [3.05, 3.63) is 113 Å². The van der Waals surface area contributed by atoms with Gasteiger partial charge in [0, 0.05) is 5.66 Å². The second-order valence-electron chi connectivity index (χ2n) is 12.3. The highest BCUT2D eigenvalue weighted by atomic mass is 32.1. The van der Waals surface area contributed by atoms with Gasteiger partial charge in [0.25, 0.3) is 0 Å². The highest BCUT2D eigenvalue weighted by molar-refractivity contribution is 8.36. The molecule has 0 saturated heterocycles. The van der Waals surface area contributed by atoms with Crippen LogP contribution in [-0.4, -0.2) is 11.3 Å². The van der Waals surface area contributed by atoms with Gasteiger partial charge in [-0.3, -0.25) is 0 Å². The molecule has 2 fully saturated rings. The molecule has 2 saturated carbocycles. The van der Waals surface area contributed by atoms with Crippen LogP contribution < -0.4 is 10.6 Å². The first-order chi connectivity index (χ1) is 19.7. The Labute approximate surface area is 245 Å². The maximum atomic E-state index is 2.57.